The lowest BCUT2D eigenvalue weighted by Crippen LogP contribution is -2.32. The second kappa shape index (κ2) is 8.52. The summed E-state index contributed by atoms with van der Waals surface area (Å²) in [6.07, 6.45) is 0. The van der Waals surface area contributed by atoms with Crippen LogP contribution in [0.5, 0.6) is 0 Å². The van der Waals surface area contributed by atoms with E-state index in [0.717, 1.165) is 21.4 Å². The van der Waals surface area contributed by atoms with E-state index in [-0.39, 0.29) is 24.0 Å². The average molecular weight is 390 g/mol. The Hall–Kier alpha value is -3.74. The number of anilines is 2. The molecule has 0 aliphatic rings. The van der Waals surface area contributed by atoms with Crippen LogP contribution in [0.4, 0.5) is 11.4 Å². The first-order valence-electron chi connectivity index (χ1n) is 9.16. The molecular formula is C22H22N4O3. The van der Waals surface area contributed by atoms with Gasteiger partial charge in [-0.05, 0) is 37.1 Å². The lowest BCUT2D eigenvalue weighted by molar-refractivity contribution is -0.117. The van der Waals surface area contributed by atoms with Crippen molar-refractivity contribution in [1.82, 2.24) is 9.78 Å². The van der Waals surface area contributed by atoms with Gasteiger partial charge in [0.2, 0.25) is 11.8 Å². The third-order valence-corrected chi connectivity index (χ3v) is 4.53. The first-order valence-corrected chi connectivity index (χ1v) is 9.16. The Balaban J connectivity index is 1.95. The van der Waals surface area contributed by atoms with Crippen LogP contribution in [-0.2, 0) is 16.1 Å². The molecule has 3 rings (SSSR count). The van der Waals surface area contributed by atoms with Crippen LogP contribution in [0.3, 0.4) is 0 Å². The molecule has 1 heterocycles. The normalized spacial score (nSPS) is 10.4. The number of benzene rings is 2. The molecule has 3 aromatic rings. The molecule has 0 aliphatic heterocycles. The molecule has 0 radical (unpaired) electrons. The van der Waals surface area contributed by atoms with Crippen LogP contribution in [0.2, 0.25) is 0 Å². The second-order valence-corrected chi connectivity index (χ2v) is 6.75. The summed E-state index contributed by atoms with van der Waals surface area (Å²) in [6.45, 7) is 4.92. The average Bonchev–Trinajstić information content (AvgIpc) is 2.69. The van der Waals surface area contributed by atoms with E-state index in [1.807, 2.05) is 56.3 Å². The summed E-state index contributed by atoms with van der Waals surface area (Å²) in [7, 11) is 0. The molecule has 2 amide bonds. The van der Waals surface area contributed by atoms with E-state index in [1.165, 1.54) is 13.0 Å². The third kappa shape index (κ3) is 4.76. The summed E-state index contributed by atoms with van der Waals surface area (Å²) in [4.78, 5) is 36.8. The molecule has 2 N–H and O–H groups in total. The number of aryl methyl sites for hydroxylation is 1. The van der Waals surface area contributed by atoms with Crippen LogP contribution < -0.4 is 16.2 Å². The minimum Gasteiger partial charge on any atom is -0.324 e. The minimum absolute atomic E-state index is 0.0749. The molecule has 7 nitrogen and oxygen atoms in total. The Bertz CT molecular complexity index is 1120. The zero-order chi connectivity index (χ0) is 21.0. The predicted octanol–water partition coefficient (Wildman–Crippen LogP) is 3.12. The van der Waals surface area contributed by atoms with Gasteiger partial charge in [-0.1, -0.05) is 42.5 Å². The zero-order valence-electron chi connectivity index (χ0n) is 16.5. The van der Waals surface area contributed by atoms with Gasteiger partial charge in [-0.25, -0.2) is 4.68 Å². The largest absolute Gasteiger partial charge is 0.324 e. The Labute approximate surface area is 168 Å². The van der Waals surface area contributed by atoms with Gasteiger partial charge < -0.3 is 10.6 Å². The highest BCUT2D eigenvalue weighted by molar-refractivity contribution is 5.92. The fourth-order valence-corrected chi connectivity index (χ4v) is 2.89. The van der Waals surface area contributed by atoms with Crippen molar-refractivity contribution in [3.05, 3.63) is 76.1 Å². The lowest BCUT2D eigenvalue weighted by Gasteiger charge is -2.13. The predicted molar refractivity (Wildman–Crippen MR) is 113 cm³/mol. The van der Waals surface area contributed by atoms with Gasteiger partial charge in [-0.15, -0.1) is 0 Å². The molecule has 0 atom stereocenters. The fourth-order valence-electron chi connectivity index (χ4n) is 2.89. The summed E-state index contributed by atoms with van der Waals surface area (Å²) in [5.74, 6) is -0.758. The van der Waals surface area contributed by atoms with Crippen LogP contribution >= 0.6 is 0 Å². The van der Waals surface area contributed by atoms with Gasteiger partial charge in [0.05, 0.1) is 5.69 Å². The molecular weight excluding hydrogens is 368 g/mol. The Morgan fingerprint density at radius 2 is 1.69 bits per heavy atom. The van der Waals surface area contributed by atoms with E-state index in [1.54, 1.807) is 6.07 Å². The Kier molecular flexibility index (Phi) is 5.87. The van der Waals surface area contributed by atoms with Crippen molar-refractivity contribution in [1.29, 1.82) is 0 Å². The maximum atomic E-state index is 12.7. The van der Waals surface area contributed by atoms with Gasteiger partial charge in [0.1, 0.15) is 12.2 Å². The Morgan fingerprint density at radius 3 is 2.38 bits per heavy atom. The van der Waals surface area contributed by atoms with Crippen molar-refractivity contribution in [2.75, 3.05) is 10.6 Å². The zero-order valence-corrected chi connectivity index (χ0v) is 16.5. The molecule has 0 unspecified atom stereocenters. The SMILES string of the molecule is CC(=O)Nc1cc(-c2ccccc2)nn(CC(=O)Nc2cccc(C)c2C)c1=O. The van der Waals surface area contributed by atoms with Crippen molar-refractivity contribution < 1.29 is 9.59 Å². The van der Waals surface area contributed by atoms with Crippen LogP contribution in [0.15, 0.2) is 59.4 Å². The number of nitrogens with one attached hydrogen (secondary N) is 2. The maximum Gasteiger partial charge on any atom is 0.291 e. The van der Waals surface area contributed by atoms with Crippen molar-refractivity contribution in [2.24, 2.45) is 0 Å². The van der Waals surface area contributed by atoms with Gasteiger partial charge in [0.25, 0.3) is 5.56 Å². The monoisotopic (exact) mass is 390 g/mol. The molecule has 148 valence electrons. The standard InChI is InChI=1S/C22H22N4O3/c1-14-8-7-11-18(15(14)2)24-21(28)13-26-22(29)20(23-16(3)27)12-19(25-26)17-9-5-4-6-10-17/h4-12H,13H2,1-3H3,(H,23,27)(H,24,28). The smallest absolute Gasteiger partial charge is 0.291 e. The first kappa shape index (κ1) is 20.0. The molecule has 0 spiro atoms. The highest BCUT2D eigenvalue weighted by Gasteiger charge is 2.14. The first-order chi connectivity index (χ1) is 13.8. The van der Waals surface area contributed by atoms with Crippen LogP contribution in [0, 0.1) is 13.8 Å². The van der Waals surface area contributed by atoms with Gasteiger partial charge in [-0.3, -0.25) is 14.4 Å². The van der Waals surface area contributed by atoms with Crippen molar-refractivity contribution >= 4 is 23.2 Å². The number of nitrogens with zero attached hydrogens (tertiary/aromatic N) is 2. The number of carbonyl (C=O) groups excluding carboxylic acids is 2. The summed E-state index contributed by atoms with van der Waals surface area (Å²) in [5, 5.41) is 9.66. The minimum atomic E-state index is -0.545. The van der Waals surface area contributed by atoms with E-state index in [4.69, 9.17) is 0 Å². The van der Waals surface area contributed by atoms with Gasteiger partial charge in [0, 0.05) is 18.2 Å². The van der Waals surface area contributed by atoms with Crippen LogP contribution in [0.1, 0.15) is 18.1 Å². The third-order valence-electron chi connectivity index (χ3n) is 4.53. The molecule has 2 aromatic carbocycles. The number of rotatable bonds is 5. The fraction of sp³-hybridized carbons (Fsp3) is 0.182. The van der Waals surface area contributed by atoms with E-state index in [9.17, 15) is 14.4 Å². The Morgan fingerprint density at radius 1 is 0.966 bits per heavy atom. The summed E-state index contributed by atoms with van der Waals surface area (Å²) >= 11 is 0. The van der Waals surface area contributed by atoms with Gasteiger partial charge in [-0.2, -0.15) is 5.10 Å². The van der Waals surface area contributed by atoms with Crippen molar-refractivity contribution in [2.45, 2.75) is 27.3 Å². The van der Waals surface area contributed by atoms with Gasteiger partial charge >= 0.3 is 0 Å². The molecule has 7 heteroatoms. The van der Waals surface area contributed by atoms with E-state index >= 15 is 0 Å². The van der Waals surface area contributed by atoms with Crippen LogP contribution in [-0.4, -0.2) is 21.6 Å². The lowest BCUT2D eigenvalue weighted by atomic mass is 10.1. The molecule has 0 saturated heterocycles. The van der Waals surface area contributed by atoms with Gasteiger partial charge in [0.15, 0.2) is 0 Å². The second-order valence-electron chi connectivity index (χ2n) is 6.75. The highest BCUT2D eigenvalue weighted by atomic mass is 16.2. The highest BCUT2D eigenvalue weighted by Crippen LogP contribution is 2.19. The maximum absolute atomic E-state index is 12.7. The molecule has 0 aliphatic carbocycles. The van der Waals surface area contributed by atoms with Crippen LogP contribution in [0.25, 0.3) is 11.3 Å². The topological polar surface area (TPSA) is 93.1 Å². The molecule has 0 bridgehead atoms. The molecule has 0 fully saturated rings. The molecule has 0 saturated carbocycles. The molecule has 1 aromatic heterocycles. The van der Waals surface area contributed by atoms with E-state index < -0.39 is 5.56 Å². The number of carbonyl (C=O) groups is 2. The van der Waals surface area contributed by atoms with Crippen molar-refractivity contribution in [3.63, 3.8) is 0 Å². The number of amides is 2. The number of aromatic nitrogens is 2. The molecule has 29 heavy (non-hydrogen) atoms. The number of hydrogen-bond acceptors (Lipinski definition) is 4. The number of hydrogen-bond donors (Lipinski definition) is 2. The summed E-state index contributed by atoms with van der Waals surface area (Å²) in [6, 6.07) is 16.4. The summed E-state index contributed by atoms with van der Waals surface area (Å²) in [5.41, 5.74) is 3.47. The quantitative estimate of drug-likeness (QED) is 0.700. The van der Waals surface area contributed by atoms with Crippen molar-refractivity contribution in [3.8, 4) is 11.3 Å². The van der Waals surface area contributed by atoms with E-state index in [2.05, 4.69) is 15.7 Å². The summed E-state index contributed by atoms with van der Waals surface area (Å²) < 4.78 is 1.06. The van der Waals surface area contributed by atoms with E-state index in [0.29, 0.717) is 11.4 Å².